The number of hydrogen-bond acceptors (Lipinski definition) is 10. The van der Waals surface area contributed by atoms with Crippen LogP contribution in [0.4, 0.5) is 29.2 Å². The third kappa shape index (κ3) is 10.0. The van der Waals surface area contributed by atoms with Crippen LogP contribution >= 0.6 is 11.6 Å². The van der Waals surface area contributed by atoms with E-state index in [9.17, 15) is 27.6 Å². The molecule has 2 saturated heterocycles. The van der Waals surface area contributed by atoms with Gasteiger partial charge in [0, 0.05) is 49.9 Å². The topological polar surface area (TPSA) is 175 Å². The van der Waals surface area contributed by atoms with Gasteiger partial charge in [-0.15, -0.1) is 0 Å². The number of ether oxygens (including phenoxy) is 1. The largest absolute Gasteiger partial charge is 0.481 e. The van der Waals surface area contributed by atoms with Gasteiger partial charge in [0.2, 0.25) is 5.91 Å². The molecule has 1 aromatic carbocycles. The van der Waals surface area contributed by atoms with Crippen LogP contribution in [0, 0.1) is 12.7 Å². The van der Waals surface area contributed by atoms with Crippen molar-refractivity contribution < 1.29 is 46.9 Å². The van der Waals surface area contributed by atoms with Crippen LogP contribution in [0.2, 0.25) is 5.02 Å². The van der Waals surface area contributed by atoms with Crippen LogP contribution in [-0.4, -0.2) is 105 Å². The van der Waals surface area contributed by atoms with Gasteiger partial charge in [0.05, 0.1) is 21.8 Å². The molecule has 1 amide bonds. The number of halogens is 5. The van der Waals surface area contributed by atoms with Gasteiger partial charge in [0.25, 0.3) is 0 Å². The molecule has 0 unspecified atom stereocenters. The summed E-state index contributed by atoms with van der Waals surface area (Å²) in [4.78, 5) is 50.5. The normalized spacial score (nSPS) is 17.7. The third-order valence-corrected chi connectivity index (χ3v) is 9.39. The van der Waals surface area contributed by atoms with E-state index in [-0.39, 0.29) is 76.6 Å². The van der Waals surface area contributed by atoms with E-state index in [0.29, 0.717) is 32.5 Å². The van der Waals surface area contributed by atoms with Crippen molar-refractivity contribution in [3.63, 3.8) is 0 Å². The number of likely N-dealkylation sites (tertiary alicyclic amines) is 1. The van der Waals surface area contributed by atoms with Crippen LogP contribution in [0.15, 0.2) is 24.8 Å². The molecule has 0 spiro atoms. The number of nitrogens with two attached hydrogens (primary N) is 1. The van der Waals surface area contributed by atoms with Crippen molar-refractivity contribution in [3.05, 3.63) is 46.8 Å². The van der Waals surface area contributed by atoms with Gasteiger partial charge in [-0.1, -0.05) is 18.2 Å². The van der Waals surface area contributed by atoms with Crippen LogP contribution in [-0.2, 0) is 20.6 Å². The van der Waals surface area contributed by atoms with Gasteiger partial charge in [-0.25, -0.2) is 9.37 Å². The molecule has 0 aliphatic carbocycles. The molecule has 13 nitrogen and oxygen atoms in total. The number of carbonyl (C=O) groups excluding carboxylic acids is 1. The zero-order valence-electron chi connectivity index (χ0n) is 29.5. The SMILES string of the molecule is C=CC(=O)N1CCN(c2nc(OC[C@@H]3CCCN3C)nc3c(F)c(-c4nc(N)cc(C)c4C(F)(F)F)c(Cl)cc23)[C@@H](C)C1.O=C(O)CCCCC(=O)O. The molecule has 5 rings (SSSR count). The number of carboxylic acid groups (broad SMARTS) is 2. The number of alkyl halides is 3. The predicted molar refractivity (Wildman–Crippen MR) is 190 cm³/mol. The number of rotatable bonds is 11. The van der Waals surface area contributed by atoms with Gasteiger partial charge < -0.3 is 35.4 Å². The number of nitrogen functional groups attached to an aromatic ring is 1. The standard InChI is InChI=1S/C29H32ClF4N7O2.C6H10O4/c1-5-21(42)40-9-10-41(16(3)13-40)27-18-12-19(30)22(26-23(29(32,33)34)15(2)11-20(35)36-26)24(31)25(18)37-28(38-27)43-14-17-7-6-8-39(17)4;7-5(8)3-1-2-4-6(9)10/h5,11-12,16-17H,1,6-10,13-14H2,2-4H3,(H2,35,36);1-4H2,(H,7,8)(H,9,10)/t16-,17-;/m0./s1. The van der Waals surface area contributed by atoms with Gasteiger partial charge in [-0.05, 0) is 76.9 Å². The van der Waals surface area contributed by atoms with Crippen LogP contribution in [0.3, 0.4) is 0 Å². The molecule has 53 heavy (non-hydrogen) atoms. The van der Waals surface area contributed by atoms with Crippen molar-refractivity contribution in [3.8, 4) is 17.3 Å². The van der Waals surface area contributed by atoms with E-state index >= 15 is 4.39 Å². The van der Waals surface area contributed by atoms with Crippen LogP contribution in [0.5, 0.6) is 6.01 Å². The Bertz CT molecular complexity index is 1850. The highest BCUT2D eigenvalue weighted by Gasteiger charge is 2.39. The van der Waals surface area contributed by atoms with Crippen molar-refractivity contribution in [1.29, 1.82) is 0 Å². The first-order chi connectivity index (χ1) is 24.9. The second-order valence-corrected chi connectivity index (χ2v) is 13.4. The maximum absolute atomic E-state index is 16.5. The Morgan fingerprint density at radius 3 is 2.30 bits per heavy atom. The van der Waals surface area contributed by atoms with E-state index < -0.39 is 40.8 Å². The first kappa shape index (κ1) is 41.0. The lowest BCUT2D eigenvalue weighted by Gasteiger charge is -2.40. The highest BCUT2D eigenvalue weighted by molar-refractivity contribution is 6.34. The molecule has 2 aliphatic rings. The van der Waals surface area contributed by atoms with Crippen molar-refractivity contribution >= 4 is 52.0 Å². The van der Waals surface area contributed by atoms with Crippen molar-refractivity contribution in [1.82, 2.24) is 24.8 Å². The van der Waals surface area contributed by atoms with Gasteiger partial charge in [0.1, 0.15) is 23.8 Å². The van der Waals surface area contributed by atoms with Gasteiger partial charge in [0.15, 0.2) is 5.82 Å². The predicted octanol–water partition coefficient (Wildman–Crippen LogP) is 5.81. The van der Waals surface area contributed by atoms with Gasteiger partial charge >= 0.3 is 24.1 Å². The van der Waals surface area contributed by atoms with E-state index in [0.717, 1.165) is 25.5 Å². The minimum Gasteiger partial charge on any atom is -0.481 e. The zero-order chi connectivity index (χ0) is 39.2. The molecular formula is C35H42ClF4N7O6. The molecule has 2 fully saturated rings. The Labute approximate surface area is 308 Å². The Morgan fingerprint density at radius 2 is 1.75 bits per heavy atom. The molecule has 0 radical (unpaired) electrons. The van der Waals surface area contributed by atoms with E-state index in [1.54, 1.807) is 4.90 Å². The fraction of sp³-hybridized carbons (Fsp3) is 0.486. The molecule has 4 N–H and O–H groups in total. The average molecular weight is 768 g/mol. The average Bonchev–Trinajstić information content (AvgIpc) is 3.48. The maximum Gasteiger partial charge on any atom is 0.418 e. The summed E-state index contributed by atoms with van der Waals surface area (Å²) < 4.78 is 65.0. The van der Waals surface area contributed by atoms with Crippen molar-refractivity contribution in [2.45, 2.75) is 70.6 Å². The number of piperazine rings is 1. The summed E-state index contributed by atoms with van der Waals surface area (Å²) in [6, 6.07) is 2.13. The van der Waals surface area contributed by atoms with E-state index in [2.05, 4.69) is 26.4 Å². The number of aliphatic carboxylic acids is 2. The number of likely N-dealkylation sites (N-methyl/N-ethyl adjacent to an activating group) is 1. The summed E-state index contributed by atoms with van der Waals surface area (Å²) in [6.45, 7) is 8.84. The number of anilines is 2. The molecular weight excluding hydrogens is 726 g/mol. The monoisotopic (exact) mass is 767 g/mol. The summed E-state index contributed by atoms with van der Waals surface area (Å²) in [5, 5.41) is 16.1. The summed E-state index contributed by atoms with van der Waals surface area (Å²) >= 11 is 6.54. The zero-order valence-corrected chi connectivity index (χ0v) is 30.3. The van der Waals surface area contributed by atoms with Gasteiger partial charge in [-0.3, -0.25) is 14.4 Å². The first-order valence-electron chi connectivity index (χ1n) is 16.9. The molecule has 3 aromatic rings. The van der Waals surface area contributed by atoms with E-state index in [1.165, 1.54) is 19.1 Å². The lowest BCUT2D eigenvalue weighted by atomic mass is 9.99. The summed E-state index contributed by atoms with van der Waals surface area (Å²) in [7, 11) is 1.98. The minimum atomic E-state index is -4.86. The molecule has 288 valence electrons. The number of carbonyl (C=O) groups is 3. The lowest BCUT2D eigenvalue weighted by molar-refractivity contribution is -0.139. The molecule has 0 bridgehead atoms. The second kappa shape index (κ2) is 17.4. The van der Waals surface area contributed by atoms with Crippen molar-refractivity contribution in [2.75, 3.05) is 50.5 Å². The van der Waals surface area contributed by atoms with Crippen LogP contribution < -0.4 is 15.4 Å². The van der Waals surface area contributed by atoms with Crippen LogP contribution in [0.1, 0.15) is 56.6 Å². The third-order valence-electron chi connectivity index (χ3n) is 9.09. The number of pyridine rings is 1. The number of hydrogen-bond donors (Lipinski definition) is 3. The number of aryl methyl sites for hydroxylation is 1. The number of unbranched alkanes of at least 4 members (excludes halogenated alkanes) is 1. The number of benzene rings is 1. The summed E-state index contributed by atoms with van der Waals surface area (Å²) in [6.07, 6.45) is -0.691. The first-order valence-corrected chi connectivity index (χ1v) is 17.3. The van der Waals surface area contributed by atoms with Crippen LogP contribution in [0.25, 0.3) is 22.2 Å². The summed E-state index contributed by atoms with van der Waals surface area (Å²) in [5.41, 5.74) is 2.86. The number of carboxylic acids is 2. The summed E-state index contributed by atoms with van der Waals surface area (Å²) in [5.74, 6) is -2.99. The molecule has 2 atom stereocenters. The number of fused-ring (bicyclic) bond motifs is 1. The number of aromatic nitrogens is 3. The smallest absolute Gasteiger partial charge is 0.418 e. The Hall–Kier alpha value is -4.77. The van der Waals surface area contributed by atoms with Crippen molar-refractivity contribution in [2.24, 2.45) is 0 Å². The maximum atomic E-state index is 16.5. The quantitative estimate of drug-likeness (QED) is 0.122. The highest BCUT2D eigenvalue weighted by Crippen LogP contribution is 2.44. The molecule has 2 aromatic heterocycles. The second-order valence-electron chi connectivity index (χ2n) is 13.0. The van der Waals surface area contributed by atoms with Gasteiger partial charge in [-0.2, -0.15) is 23.1 Å². The highest BCUT2D eigenvalue weighted by atomic mass is 35.5. The van der Waals surface area contributed by atoms with E-state index in [1.807, 2.05) is 18.9 Å². The minimum absolute atomic E-state index is 0.0628. The Balaban J connectivity index is 0.000000550. The fourth-order valence-electron chi connectivity index (χ4n) is 6.41. The number of nitrogens with zero attached hydrogens (tertiary/aromatic N) is 6. The Kier molecular flexibility index (Phi) is 13.4. The Morgan fingerprint density at radius 1 is 1.09 bits per heavy atom. The fourth-order valence-corrected chi connectivity index (χ4v) is 6.69. The lowest BCUT2D eigenvalue weighted by Crippen LogP contribution is -2.53. The molecule has 0 saturated carbocycles. The molecule has 2 aliphatic heterocycles. The number of amides is 1. The molecule has 4 heterocycles. The van der Waals surface area contributed by atoms with E-state index in [4.69, 9.17) is 32.3 Å². The molecule has 18 heteroatoms.